The Morgan fingerprint density at radius 3 is 2.38 bits per heavy atom. The van der Waals surface area contributed by atoms with Gasteiger partial charge in [0.05, 0.1) is 6.20 Å². The Hall–Kier alpha value is -2.14. The van der Waals surface area contributed by atoms with E-state index < -0.39 is 5.60 Å². The highest BCUT2D eigenvalue weighted by Gasteiger charge is 2.40. The minimum atomic E-state index is -1.10. The molecule has 4 rings (SSSR count). The number of nitrogens with zero attached hydrogens (tertiary/aromatic N) is 2. The Labute approximate surface area is 154 Å². The van der Waals surface area contributed by atoms with Gasteiger partial charge in [0.1, 0.15) is 5.60 Å². The van der Waals surface area contributed by atoms with E-state index in [9.17, 15) is 9.90 Å². The molecule has 2 aromatic rings. The summed E-state index contributed by atoms with van der Waals surface area (Å²) in [6.07, 6.45) is 9.96. The van der Waals surface area contributed by atoms with Gasteiger partial charge in [0, 0.05) is 24.8 Å². The lowest BCUT2D eigenvalue weighted by atomic mass is 9.82. The van der Waals surface area contributed by atoms with Gasteiger partial charge >= 0.3 is 0 Å². The first-order valence-corrected chi connectivity index (χ1v) is 9.77. The fourth-order valence-electron chi connectivity index (χ4n) is 4.42. The van der Waals surface area contributed by atoms with Gasteiger partial charge in [-0.15, -0.1) is 0 Å². The molecule has 1 saturated heterocycles. The van der Waals surface area contributed by atoms with Gasteiger partial charge in [0.2, 0.25) is 0 Å². The number of hydrogen-bond donors (Lipinski definition) is 2. The third-order valence-corrected chi connectivity index (χ3v) is 6.07. The van der Waals surface area contributed by atoms with Crippen LogP contribution in [0.3, 0.4) is 0 Å². The molecule has 2 N–H and O–H groups in total. The number of aliphatic hydroxyl groups is 1. The van der Waals surface area contributed by atoms with Crippen LogP contribution in [0.2, 0.25) is 0 Å². The summed E-state index contributed by atoms with van der Waals surface area (Å²) in [5.74, 6) is 0.449. The number of carbonyl (C=O) groups is 1. The fraction of sp³-hybridized carbons (Fsp3) is 0.524. The Balaban J connectivity index is 1.37. The molecule has 0 atom stereocenters. The maximum atomic E-state index is 12.8. The van der Waals surface area contributed by atoms with Crippen LogP contribution in [0.4, 0.5) is 0 Å². The van der Waals surface area contributed by atoms with Crippen LogP contribution in [0.15, 0.2) is 36.7 Å². The second-order valence-electron chi connectivity index (χ2n) is 7.77. The maximum absolute atomic E-state index is 12.8. The number of likely N-dealkylation sites (tertiary alicyclic amines) is 1. The van der Waals surface area contributed by atoms with Gasteiger partial charge in [-0.3, -0.25) is 9.89 Å². The molecule has 1 saturated carbocycles. The normalized spacial score (nSPS) is 20.9. The van der Waals surface area contributed by atoms with E-state index in [1.807, 2.05) is 17.3 Å². The van der Waals surface area contributed by atoms with Crippen molar-refractivity contribution in [2.75, 3.05) is 13.1 Å². The van der Waals surface area contributed by atoms with Gasteiger partial charge in [0.25, 0.3) is 5.91 Å². The average molecular weight is 353 g/mol. The number of aromatic amines is 1. The zero-order valence-electron chi connectivity index (χ0n) is 15.2. The topological polar surface area (TPSA) is 69.2 Å². The van der Waals surface area contributed by atoms with Crippen molar-refractivity contribution in [2.24, 2.45) is 0 Å². The summed E-state index contributed by atoms with van der Waals surface area (Å²) < 4.78 is 0. The van der Waals surface area contributed by atoms with E-state index in [0.29, 0.717) is 18.8 Å². The molecule has 5 nitrogen and oxygen atoms in total. The summed E-state index contributed by atoms with van der Waals surface area (Å²) in [6, 6.07) is 8.67. The first kappa shape index (κ1) is 17.3. The van der Waals surface area contributed by atoms with Crippen LogP contribution < -0.4 is 0 Å². The molecule has 0 unspecified atom stereocenters. The third-order valence-electron chi connectivity index (χ3n) is 6.07. The number of hydrogen-bond acceptors (Lipinski definition) is 3. The van der Waals surface area contributed by atoms with Gasteiger partial charge in [-0.2, -0.15) is 5.10 Å². The van der Waals surface area contributed by atoms with Gasteiger partial charge < -0.3 is 10.0 Å². The Morgan fingerprint density at radius 1 is 1.08 bits per heavy atom. The number of aromatic nitrogens is 2. The fourth-order valence-corrected chi connectivity index (χ4v) is 4.42. The summed E-state index contributed by atoms with van der Waals surface area (Å²) in [6.45, 7) is 1.49. The predicted octanol–water partition coefficient (Wildman–Crippen LogP) is 3.48. The number of rotatable bonds is 3. The van der Waals surface area contributed by atoms with Crippen molar-refractivity contribution in [3.63, 3.8) is 0 Å². The molecule has 1 aliphatic carbocycles. The summed E-state index contributed by atoms with van der Waals surface area (Å²) >= 11 is 0. The monoisotopic (exact) mass is 353 g/mol. The highest BCUT2D eigenvalue weighted by Crippen LogP contribution is 2.34. The third kappa shape index (κ3) is 3.40. The van der Waals surface area contributed by atoms with Crippen LogP contribution in [0.1, 0.15) is 56.4 Å². The van der Waals surface area contributed by atoms with Crippen LogP contribution in [-0.4, -0.2) is 44.8 Å². The maximum Gasteiger partial charge on any atom is 0.254 e. The molecular weight excluding hydrogens is 326 g/mol. The van der Waals surface area contributed by atoms with E-state index in [1.165, 1.54) is 5.56 Å². The minimum absolute atomic E-state index is 0.0362. The first-order chi connectivity index (χ1) is 12.7. The summed E-state index contributed by atoms with van der Waals surface area (Å²) in [5, 5.41) is 17.5. The highest BCUT2D eigenvalue weighted by atomic mass is 16.3. The van der Waals surface area contributed by atoms with Crippen molar-refractivity contribution in [3.8, 4) is 11.1 Å². The van der Waals surface area contributed by atoms with Crippen molar-refractivity contribution < 1.29 is 9.90 Å². The predicted molar refractivity (Wildman–Crippen MR) is 101 cm³/mol. The molecule has 138 valence electrons. The lowest BCUT2D eigenvalue weighted by Crippen LogP contribution is -2.52. The molecule has 2 aliphatic rings. The molecular formula is C21H27N3O2. The van der Waals surface area contributed by atoms with Crippen LogP contribution >= 0.6 is 0 Å². The zero-order valence-corrected chi connectivity index (χ0v) is 15.2. The van der Waals surface area contributed by atoms with Gasteiger partial charge in [-0.05, 0) is 42.7 Å². The SMILES string of the molecule is O=C(N1CCC(c2ccc(-c3cn[nH]c3)cc2)CC1)C1(O)CCCCC1. The highest BCUT2D eigenvalue weighted by molar-refractivity contribution is 5.85. The largest absolute Gasteiger partial charge is 0.380 e. The van der Waals surface area contributed by atoms with Crippen LogP contribution in [0.5, 0.6) is 0 Å². The number of amides is 1. The molecule has 2 heterocycles. The number of benzene rings is 1. The average Bonchev–Trinajstić information content (AvgIpc) is 3.23. The Morgan fingerprint density at radius 2 is 1.77 bits per heavy atom. The van der Waals surface area contributed by atoms with Crippen molar-refractivity contribution in [1.82, 2.24) is 15.1 Å². The second kappa shape index (κ2) is 7.23. The standard InChI is InChI=1S/C21H27N3O2/c25-20(21(26)10-2-1-3-11-21)24-12-8-18(9-13-24)16-4-6-17(7-5-16)19-14-22-23-15-19/h4-7,14-15,18,26H,1-3,8-13H2,(H,22,23). The van der Waals surface area contributed by atoms with Crippen LogP contribution in [0, 0.1) is 0 Å². The zero-order chi connectivity index (χ0) is 18.0. The summed E-state index contributed by atoms with van der Waals surface area (Å²) in [5.41, 5.74) is 2.49. The van der Waals surface area contributed by atoms with Gasteiger partial charge in [-0.25, -0.2) is 0 Å². The van der Waals surface area contributed by atoms with Crippen molar-refractivity contribution in [1.29, 1.82) is 0 Å². The lowest BCUT2D eigenvalue weighted by Gasteiger charge is -2.39. The quantitative estimate of drug-likeness (QED) is 0.888. The second-order valence-corrected chi connectivity index (χ2v) is 7.77. The van der Waals surface area contributed by atoms with Crippen molar-refractivity contribution >= 4 is 5.91 Å². The van der Waals surface area contributed by atoms with Crippen LogP contribution in [0.25, 0.3) is 11.1 Å². The molecule has 1 aliphatic heterocycles. The van der Waals surface area contributed by atoms with Gasteiger partial charge in [-0.1, -0.05) is 43.5 Å². The van der Waals surface area contributed by atoms with E-state index in [1.54, 1.807) is 0 Å². The molecule has 0 radical (unpaired) electrons. The van der Waals surface area contributed by atoms with Crippen molar-refractivity contribution in [3.05, 3.63) is 42.2 Å². The van der Waals surface area contributed by atoms with E-state index in [4.69, 9.17) is 0 Å². The Kier molecular flexibility index (Phi) is 4.81. The molecule has 5 heteroatoms. The van der Waals surface area contributed by atoms with Crippen LogP contribution in [-0.2, 0) is 4.79 Å². The number of nitrogens with one attached hydrogen (secondary N) is 1. The smallest absolute Gasteiger partial charge is 0.254 e. The molecule has 1 aromatic carbocycles. The van der Waals surface area contributed by atoms with E-state index in [0.717, 1.165) is 56.3 Å². The van der Waals surface area contributed by atoms with E-state index >= 15 is 0 Å². The lowest BCUT2D eigenvalue weighted by molar-refractivity contribution is -0.155. The minimum Gasteiger partial charge on any atom is -0.380 e. The molecule has 26 heavy (non-hydrogen) atoms. The van der Waals surface area contributed by atoms with E-state index in [2.05, 4.69) is 34.5 Å². The molecule has 1 aromatic heterocycles. The molecule has 1 amide bonds. The summed E-state index contributed by atoms with van der Waals surface area (Å²) in [7, 11) is 0. The number of piperidine rings is 1. The first-order valence-electron chi connectivity index (χ1n) is 9.77. The van der Waals surface area contributed by atoms with Crippen molar-refractivity contribution in [2.45, 2.75) is 56.5 Å². The number of H-pyrrole nitrogens is 1. The summed E-state index contributed by atoms with van der Waals surface area (Å²) in [4.78, 5) is 14.7. The Bertz CT molecular complexity index is 725. The molecule has 0 bridgehead atoms. The molecule has 0 spiro atoms. The number of carbonyl (C=O) groups excluding carboxylic acids is 1. The van der Waals surface area contributed by atoms with E-state index in [-0.39, 0.29) is 5.91 Å². The molecule has 2 fully saturated rings. The van der Waals surface area contributed by atoms with Gasteiger partial charge in [0.15, 0.2) is 0 Å².